The molecule has 0 heterocycles. The van der Waals surface area contributed by atoms with Crippen molar-refractivity contribution in [2.24, 2.45) is 5.73 Å². The number of urea groups is 1. The summed E-state index contributed by atoms with van der Waals surface area (Å²) in [6, 6.07) is 13.8. The number of hydrogen-bond acceptors (Lipinski definition) is 7. The van der Waals surface area contributed by atoms with E-state index in [0.717, 1.165) is 18.4 Å². The Labute approximate surface area is 224 Å². The van der Waals surface area contributed by atoms with Crippen LogP contribution in [0.2, 0.25) is 0 Å². The highest BCUT2D eigenvalue weighted by Crippen LogP contribution is 2.22. The van der Waals surface area contributed by atoms with Gasteiger partial charge in [0.2, 0.25) is 10.0 Å². The summed E-state index contributed by atoms with van der Waals surface area (Å²) in [5, 5.41) is 16.2. The van der Waals surface area contributed by atoms with E-state index in [2.05, 4.69) is 10.6 Å². The number of nitrogens with zero attached hydrogens (tertiary/aromatic N) is 1. The molecule has 0 aliphatic heterocycles. The van der Waals surface area contributed by atoms with Crippen molar-refractivity contribution >= 4 is 22.1 Å². The number of nitrogens with one attached hydrogen (secondary N) is 2. The first-order chi connectivity index (χ1) is 18.2. The van der Waals surface area contributed by atoms with Crippen LogP contribution >= 0.6 is 0 Å². The number of alkyl carbamates (subject to hydrolysis) is 1. The van der Waals surface area contributed by atoms with E-state index in [-0.39, 0.29) is 37.6 Å². The molecule has 0 saturated carbocycles. The number of rotatable bonds is 16. The largest absolute Gasteiger partial charge is 0.497 e. The minimum absolute atomic E-state index is 0.0264. The van der Waals surface area contributed by atoms with Gasteiger partial charge in [0.1, 0.15) is 12.4 Å². The molecule has 11 nitrogen and oxygen atoms in total. The van der Waals surface area contributed by atoms with E-state index >= 15 is 0 Å². The molecule has 0 aromatic heterocycles. The molecule has 2 atom stereocenters. The summed E-state index contributed by atoms with van der Waals surface area (Å²) >= 11 is 0. The molecular formula is C26H38N4O7S. The molecule has 0 bridgehead atoms. The Kier molecular flexibility index (Phi) is 12.8. The van der Waals surface area contributed by atoms with Gasteiger partial charge in [-0.3, -0.25) is 0 Å². The zero-order valence-electron chi connectivity index (χ0n) is 21.8. The number of carbonyl (C=O) groups excluding carboxylic acids is 2. The number of aliphatic hydroxyl groups is 1. The van der Waals surface area contributed by atoms with Crippen molar-refractivity contribution in [1.82, 2.24) is 14.9 Å². The van der Waals surface area contributed by atoms with Crippen molar-refractivity contribution in [3.63, 3.8) is 0 Å². The van der Waals surface area contributed by atoms with Crippen LogP contribution in [-0.4, -0.2) is 75.5 Å². The number of amides is 3. The first kappa shape index (κ1) is 30.9. The summed E-state index contributed by atoms with van der Waals surface area (Å²) in [7, 11) is -2.52. The molecule has 38 heavy (non-hydrogen) atoms. The number of aliphatic hydroxyl groups excluding tert-OH is 1. The average Bonchev–Trinajstić information content (AvgIpc) is 2.90. The van der Waals surface area contributed by atoms with Crippen molar-refractivity contribution in [3.8, 4) is 5.75 Å². The van der Waals surface area contributed by atoms with Gasteiger partial charge in [-0.05, 0) is 30.5 Å². The monoisotopic (exact) mass is 550 g/mol. The zero-order chi connectivity index (χ0) is 28.0. The Morgan fingerprint density at radius 3 is 2.50 bits per heavy atom. The van der Waals surface area contributed by atoms with Crippen LogP contribution in [0, 0.1) is 0 Å². The third kappa shape index (κ3) is 10.2. The van der Waals surface area contributed by atoms with Gasteiger partial charge >= 0.3 is 12.1 Å². The summed E-state index contributed by atoms with van der Waals surface area (Å²) in [4.78, 5) is 23.3. The Balaban J connectivity index is 2.24. The molecule has 0 spiro atoms. The van der Waals surface area contributed by atoms with Crippen LogP contribution in [-0.2, 0) is 21.2 Å². The van der Waals surface area contributed by atoms with Gasteiger partial charge in [0.05, 0.1) is 30.7 Å². The normalized spacial score (nSPS) is 12.9. The predicted molar refractivity (Wildman–Crippen MR) is 143 cm³/mol. The molecule has 0 aliphatic rings. The van der Waals surface area contributed by atoms with Crippen LogP contribution in [0.1, 0.15) is 31.7 Å². The number of ether oxygens (including phenoxy) is 2. The maximum absolute atomic E-state index is 13.6. The van der Waals surface area contributed by atoms with Crippen molar-refractivity contribution in [1.29, 1.82) is 0 Å². The molecule has 0 saturated heterocycles. The molecule has 3 amide bonds. The highest BCUT2D eigenvalue weighted by molar-refractivity contribution is 7.89. The van der Waals surface area contributed by atoms with Crippen molar-refractivity contribution in [2.45, 2.75) is 49.6 Å². The van der Waals surface area contributed by atoms with Gasteiger partial charge < -0.3 is 30.9 Å². The van der Waals surface area contributed by atoms with Crippen LogP contribution in [0.15, 0.2) is 59.5 Å². The highest BCUT2D eigenvalue weighted by Gasteiger charge is 2.31. The maximum atomic E-state index is 13.6. The van der Waals surface area contributed by atoms with Crippen LogP contribution in [0.5, 0.6) is 5.75 Å². The minimum atomic E-state index is -3.97. The number of benzene rings is 2. The lowest BCUT2D eigenvalue weighted by Crippen LogP contribution is -2.51. The smallest absolute Gasteiger partial charge is 0.407 e. The Hall–Kier alpha value is -3.35. The fraction of sp³-hybridized carbons (Fsp3) is 0.462. The first-order valence-electron chi connectivity index (χ1n) is 12.5. The molecule has 0 fully saturated rings. The minimum Gasteiger partial charge on any atom is -0.497 e. The molecule has 5 N–H and O–H groups in total. The van der Waals surface area contributed by atoms with E-state index < -0.39 is 34.3 Å². The number of methoxy groups -OCH3 is 1. The van der Waals surface area contributed by atoms with Crippen LogP contribution < -0.4 is 21.1 Å². The third-order valence-electron chi connectivity index (χ3n) is 5.78. The summed E-state index contributed by atoms with van der Waals surface area (Å²) in [5.74, 6) is 0.400. The van der Waals surface area contributed by atoms with Crippen LogP contribution in [0.25, 0.3) is 0 Å². The molecule has 210 valence electrons. The standard InChI is InChI=1S/C26H38N4O7S/c1-3-4-8-15-30(38(34,35)22-13-9-12-21(18-22)36-2)19-24(31)23(17-20-10-6-5-7-11-20)29-26(33)37-16-14-28-25(27)32/h5-7,9-13,18,23-24,31H,3-4,8,14-17,19H2,1-2H3,(H,29,33)(H3,27,28,32)/t23?,24-/m1/s1. The average molecular weight is 551 g/mol. The van der Waals surface area contributed by atoms with E-state index in [1.807, 2.05) is 37.3 Å². The summed E-state index contributed by atoms with van der Waals surface area (Å²) in [5.41, 5.74) is 5.83. The van der Waals surface area contributed by atoms with Gasteiger partial charge in [0.25, 0.3) is 0 Å². The van der Waals surface area contributed by atoms with Gasteiger partial charge in [0, 0.05) is 19.2 Å². The Morgan fingerprint density at radius 1 is 1.11 bits per heavy atom. The number of unbranched alkanes of at least 4 members (excludes halogenated alkanes) is 2. The second-order valence-corrected chi connectivity index (χ2v) is 10.6. The Morgan fingerprint density at radius 2 is 1.84 bits per heavy atom. The quantitative estimate of drug-likeness (QED) is 0.233. The van der Waals surface area contributed by atoms with Crippen LogP contribution in [0.3, 0.4) is 0 Å². The molecule has 2 aromatic rings. The molecule has 1 unspecified atom stereocenters. The Bertz CT molecular complexity index is 1120. The van der Waals surface area contributed by atoms with Crippen molar-refractivity contribution in [2.75, 3.05) is 33.4 Å². The van der Waals surface area contributed by atoms with E-state index in [0.29, 0.717) is 12.2 Å². The summed E-state index contributed by atoms with van der Waals surface area (Å²) in [6.45, 7) is 1.87. The number of primary amides is 1. The van der Waals surface area contributed by atoms with Crippen molar-refractivity contribution in [3.05, 3.63) is 60.2 Å². The molecule has 0 aliphatic carbocycles. The lowest BCUT2D eigenvalue weighted by atomic mass is 10.0. The van der Waals surface area contributed by atoms with Gasteiger partial charge in [-0.25, -0.2) is 18.0 Å². The second kappa shape index (κ2) is 15.8. The van der Waals surface area contributed by atoms with Gasteiger partial charge in [-0.2, -0.15) is 4.31 Å². The molecular weight excluding hydrogens is 512 g/mol. The van der Waals surface area contributed by atoms with E-state index in [1.165, 1.54) is 23.5 Å². The number of sulfonamides is 1. The maximum Gasteiger partial charge on any atom is 0.407 e. The topological polar surface area (TPSA) is 160 Å². The fourth-order valence-corrected chi connectivity index (χ4v) is 5.29. The molecule has 0 radical (unpaired) electrons. The second-order valence-electron chi connectivity index (χ2n) is 8.68. The number of carbonyl (C=O) groups is 2. The lowest BCUT2D eigenvalue weighted by molar-refractivity contribution is 0.0911. The van der Waals surface area contributed by atoms with E-state index in [1.54, 1.807) is 12.1 Å². The van der Waals surface area contributed by atoms with E-state index in [4.69, 9.17) is 15.2 Å². The number of hydrogen-bond donors (Lipinski definition) is 4. The fourth-order valence-electron chi connectivity index (χ4n) is 3.76. The SMILES string of the molecule is CCCCCN(C[C@@H](O)C(Cc1ccccc1)NC(=O)OCCNC(N)=O)S(=O)(=O)c1cccc(OC)c1. The first-order valence-corrected chi connectivity index (χ1v) is 13.9. The highest BCUT2D eigenvalue weighted by atomic mass is 32.2. The van der Waals surface area contributed by atoms with Crippen molar-refractivity contribution < 1.29 is 32.6 Å². The molecule has 12 heteroatoms. The van der Waals surface area contributed by atoms with E-state index in [9.17, 15) is 23.1 Å². The third-order valence-corrected chi connectivity index (χ3v) is 7.64. The summed E-state index contributed by atoms with van der Waals surface area (Å²) < 4.78 is 38.6. The predicted octanol–water partition coefficient (Wildman–Crippen LogP) is 2.24. The van der Waals surface area contributed by atoms with Crippen LogP contribution in [0.4, 0.5) is 9.59 Å². The lowest BCUT2D eigenvalue weighted by Gasteiger charge is -2.30. The van der Waals surface area contributed by atoms with Gasteiger partial charge in [-0.15, -0.1) is 0 Å². The molecule has 2 rings (SSSR count). The van der Waals surface area contributed by atoms with Gasteiger partial charge in [0.15, 0.2) is 0 Å². The molecule has 2 aromatic carbocycles. The van der Waals surface area contributed by atoms with Gasteiger partial charge in [-0.1, -0.05) is 56.2 Å². The number of nitrogens with two attached hydrogens (primary N) is 1. The summed E-state index contributed by atoms with van der Waals surface area (Å²) in [6.07, 6.45) is 0.483. The zero-order valence-corrected chi connectivity index (χ0v) is 22.7.